The van der Waals surface area contributed by atoms with Crippen molar-refractivity contribution in [3.8, 4) is 0 Å². The van der Waals surface area contributed by atoms with Gasteiger partial charge in [0.05, 0.1) is 13.2 Å². The van der Waals surface area contributed by atoms with Crippen LogP contribution in [0.25, 0.3) is 0 Å². The van der Waals surface area contributed by atoms with E-state index in [4.69, 9.17) is 4.74 Å². The van der Waals surface area contributed by atoms with Gasteiger partial charge in [0.25, 0.3) is 0 Å². The predicted octanol–water partition coefficient (Wildman–Crippen LogP) is 0.631. The smallest absolute Gasteiger partial charge is 0.244 e. The zero-order valence-electron chi connectivity index (χ0n) is 12.6. The molecule has 1 aromatic carbocycles. The van der Waals surface area contributed by atoms with Crippen molar-refractivity contribution in [1.82, 2.24) is 15.1 Å². The number of hydrogen-bond donors (Lipinski definition) is 1. The molecule has 0 aliphatic carbocycles. The minimum absolute atomic E-state index is 0.00602. The third kappa shape index (κ3) is 3.29. The van der Waals surface area contributed by atoms with Gasteiger partial charge in [0.15, 0.2) is 0 Å². The highest BCUT2D eigenvalue weighted by Gasteiger charge is 2.34. The van der Waals surface area contributed by atoms with Gasteiger partial charge < -0.3 is 15.0 Å². The molecule has 1 atom stereocenters. The van der Waals surface area contributed by atoms with E-state index in [1.54, 1.807) is 18.2 Å². The first-order valence-electron chi connectivity index (χ1n) is 7.83. The number of rotatable bonds is 3. The van der Waals surface area contributed by atoms with E-state index in [1.165, 1.54) is 6.07 Å². The first-order chi connectivity index (χ1) is 10.8. The maximum absolute atomic E-state index is 14.3. The number of ether oxygens (including phenoxy) is 1. The minimum atomic E-state index is -0.553. The van der Waals surface area contributed by atoms with Gasteiger partial charge in [-0.05, 0) is 6.07 Å². The Labute approximate surface area is 130 Å². The first kappa shape index (κ1) is 15.4. The molecule has 120 valence electrons. The van der Waals surface area contributed by atoms with Crippen molar-refractivity contribution < 1.29 is 13.9 Å². The van der Waals surface area contributed by atoms with Gasteiger partial charge in [-0.15, -0.1) is 0 Å². The molecule has 5 nitrogen and oxygen atoms in total. The van der Waals surface area contributed by atoms with Gasteiger partial charge in [-0.25, -0.2) is 4.39 Å². The van der Waals surface area contributed by atoms with E-state index in [0.717, 1.165) is 13.1 Å². The average molecular weight is 307 g/mol. The van der Waals surface area contributed by atoms with Crippen LogP contribution in [-0.2, 0) is 9.53 Å². The highest BCUT2D eigenvalue weighted by atomic mass is 19.1. The molecule has 1 unspecified atom stereocenters. The van der Waals surface area contributed by atoms with Crippen molar-refractivity contribution in [2.45, 2.75) is 6.04 Å². The van der Waals surface area contributed by atoms with E-state index >= 15 is 0 Å². The second kappa shape index (κ2) is 7.17. The first-order valence-corrected chi connectivity index (χ1v) is 7.83. The molecule has 6 heteroatoms. The van der Waals surface area contributed by atoms with E-state index in [1.807, 2.05) is 9.80 Å². The Morgan fingerprint density at radius 2 is 1.82 bits per heavy atom. The number of hydrogen-bond acceptors (Lipinski definition) is 4. The summed E-state index contributed by atoms with van der Waals surface area (Å²) in [5, 5.41) is 3.24. The lowest BCUT2D eigenvalue weighted by Crippen LogP contribution is -2.52. The van der Waals surface area contributed by atoms with Crippen molar-refractivity contribution in [1.29, 1.82) is 0 Å². The standard InChI is InChI=1S/C16H22FN3O2/c17-14-4-2-1-3-13(14)15(19-9-11-22-12-10-19)16(21)20-7-5-18-6-8-20/h1-4,15,18H,5-12H2. The number of halogens is 1. The normalized spacial score (nSPS) is 21.6. The van der Waals surface area contributed by atoms with E-state index in [2.05, 4.69) is 5.32 Å². The minimum Gasteiger partial charge on any atom is -0.379 e. The maximum Gasteiger partial charge on any atom is 0.244 e. The summed E-state index contributed by atoms with van der Waals surface area (Å²) in [4.78, 5) is 16.9. The van der Waals surface area contributed by atoms with Gasteiger partial charge in [-0.1, -0.05) is 18.2 Å². The number of carbonyl (C=O) groups excluding carboxylic acids is 1. The average Bonchev–Trinajstić information content (AvgIpc) is 2.58. The molecule has 2 heterocycles. The Balaban J connectivity index is 1.88. The monoisotopic (exact) mass is 307 g/mol. The topological polar surface area (TPSA) is 44.8 Å². The summed E-state index contributed by atoms with van der Waals surface area (Å²) in [7, 11) is 0. The second-order valence-corrected chi connectivity index (χ2v) is 5.65. The van der Waals surface area contributed by atoms with Gasteiger partial charge >= 0.3 is 0 Å². The van der Waals surface area contributed by atoms with Gasteiger partial charge in [-0.3, -0.25) is 9.69 Å². The Morgan fingerprint density at radius 1 is 1.14 bits per heavy atom. The van der Waals surface area contributed by atoms with Crippen LogP contribution in [0.5, 0.6) is 0 Å². The number of morpholine rings is 1. The van der Waals surface area contributed by atoms with Gasteiger partial charge in [0.2, 0.25) is 5.91 Å². The molecule has 1 N–H and O–H groups in total. The highest BCUT2D eigenvalue weighted by molar-refractivity contribution is 5.83. The molecular weight excluding hydrogens is 285 g/mol. The molecule has 0 spiro atoms. The lowest BCUT2D eigenvalue weighted by atomic mass is 10.0. The summed E-state index contributed by atoms with van der Waals surface area (Å²) in [6.07, 6.45) is 0. The van der Waals surface area contributed by atoms with Crippen molar-refractivity contribution >= 4 is 5.91 Å². The molecule has 2 aliphatic heterocycles. The number of amides is 1. The maximum atomic E-state index is 14.3. The van der Waals surface area contributed by atoms with Crippen molar-refractivity contribution in [3.63, 3.8) is 0 Å². The van der Waals surface area contributed by atoms with Crippen LogP contribution in [0.4, 0.5) is 4.39 Å². The zero-order chi connectivity index (χ0) is 15.4. The molecule has 3 rings (SSSR count). The lowest BCUT2D eigenvalue weighted by molar-refractivity contribution is -0.139. The Morgan fingerprint density at radius 3 is 2.50 bits per heavy atom. The summed E-state index contributed by atoms with van der Waals surface area (Å²) in [5.41, 5.74) is 0.466. The van der Waals surface area contributed by atoms with Crippen LogP contribution >= 0.6 is 0 Å². The van der Waals surface area contributed by atoms with Crippen molar-refractivity contribution in [3.05, 3.63) is 35.6 Å². The summed E-state index contributed by atoms with van der Waals surface area (Å²) in [6.45, 7) is 5.40. The van der Waals surface area contributed by atoms with Crippen LogP contribution in [0, 0.1) is 5.82 Å². The number of piperazine rings is 1. The third-order valence-electron chi connectivity index (χ3n) is 4.27. The Bertz CT molecular complexity index is 514. The van der Waals surface area contributed by atoms with E-state index < -0.39 is 6.04 Å². The fourth-order valence-electron chi connectivity index (χ4n) is 3.08. The van der Waals surface area contributed by atoms with Gasteiger partial charge in [0.1, 0.15) is 11.9 Å². The quantitative estimate of drug-likeness (QED) is 0.890. The molecule has 0 radical (unpaired) electrons. The summed E-state index contributed by atoms with van der Waals surface area (Å²) in [5.74, 6) is -0.323. The van der Waals surface area contributed by atoms with Crippen LogP contribution in [0.1, 0.15) is 11.6 Å². The molecule has 0 saturated carbocycles. The molecule has 2 fully saturated rings. The fraction of sp³-hybridized carbons (Fsp3) is 0.562. The zero-order valence-corrected chi connectivity index (χ0v) is 12.6. The molecule has 2 saturated heterocycles. The van der Waals surface area contributed by atoms with E-state index in [-0.39, 0.29) is 11.7 Å². The fourth-order valence-corrected chi connectivity index (χ4v) is 3.08. The number of nitrogens with zero attached hydrogens (tertiary/aromatic N) is 2. The van der Waals surface area contributed by atoms with E-state index in [0.29, 0.717) is 45.0 Å². The van der Waals surface area contributed by atoms with Crippen molar-refractivity contribution in [2.24, 2.45) is 0 Å². The molecule has 0 bridgehead atoms. The van der Waals surface area contributed by atoms with Crippen LogP contribution in [0.2, 0.25) is 0 Å². The molecule has 1 amide bonds. The molecule has 2 aliphatic rings. The van der Waals surface area contributed by atoms with Gasteiger partial charge in [-0.2, -0.15) is 0 Å². The molecule has 0 aromatic heterocycles. The lowest BCUT2D eigenvalue weighted by Gasteiger charge is -2.38. The predicted molar refractivity (Wildman–Crippen MR) is 81.0 cm³/mol. The van der Waals surface area contributed by atoms with Crippen LogP contribution in [0.15, 0.2) is 24.3 Å². The SMILES string of the molecule is O=C(C(c1ccccc1F)N1CCOCC1)N1CCNCC1. The van der Waals surface area contributed by atoms with Gasteiger partial charge in [0, 0.05) is 44.8 Å². The van der Waals surface area contributed by atoms with E-state index in [9.17, 15) is 9.18 Å². The second-order valence-electron chi connectivity index (χ2n) is 5.65. The number of benzene rings is 1. The summed E-state index contributed by atoms with van der Waals surface area (Å²) < 4.78 is 19.7. The Kier molecular flexibility index (Phi) is 5.02. The number of nitrogens with one attached hydrogen (secondary N) is 1. The number of carbonyl (C=O) groups is 1. The third-order valence-corrected chi connectivity index (χ3v) is 4.27. The Hall–Kier alpha value is -1.50. The van der Waals surface area contributed by atoms with Crippen molar-refractivity contribution in [2.75, 3.05) is 52.5 Å². The van der Waals surface area contributed by atoms with Crippen LogP contribution in [0.3, 0.4) is 0 Å². The molecule has 22 heavy (non-hydrogen) atoms. The van der Waals surface area contributed by atoms with Crippen LogP contribution in [-0.4, -0.2) is 68.2 Å². The molecular formula is C16H22FN3O2. The van der Waals surface area contributed by atoms with Crippen LogP contribution < -0.4 is 5.32 Å². The summed E-state index contributed by atoms with van der Waals surface area (Å²) in [6, 6.07) is 6.04. The largest absolute Gasteiger partial charge is 0.379 e. The highest BCUT2D eigenvalue weighted by Crippen LogP contribution is 2.26. The summed E-state index contributed by atoms with van der Waals surface area (Å²) >= 11 is 0. The molecule has 1 aromatic rings.